The van der Waals surface area contributed by atoms with Gasteiger partial charge in [0.15, 0.2) is 17.3 Å². The topological polar surface area (TPSA) is 98.4 Å². The first-order chi connectivity index (χ1) is 12.0. The SMILES string of the molecule is COc1ccc(-c2oc3cc(OC)c(O)c(O)c3c(=O)c2OC)cc1. The maximum Gasteiger partial charge on any atom is 0.239 e. The molecule has 1 heterocycles. The lowest BCUT2D eigenvalue weighted by molar-refractivity contribution is 0.351. The molecular weight excluding hydrogens is 328 g/mol. The quantitative estimate of drug-likeness (QED) is 0.702. The molecule has 0 bridgehead atoms. The number of fused-ring (bicyclic) bond motifs is 1. The van der Waals surface area contributed by atoms with Gasteiger partial charge >= 0.3 is 0 Å². The Morgan fingerprint density at radius 2 is 1.60 bits per heavy atom. The van der Waals surface area contributed by atoms with E-state index in [9.17, 15) is 15.0 Å². The van der Waals surface area contributed by atoms with Crippen molar-refractivity contribution in [2.45, 2.75) is 0 Å². The fraction of sp³-hybridized carbons (Fsp3) is 0.167. The van der Waals surface area contributed by atoms with Crippen molar-refractivity contribution in [1.29, 1.82) is 0 Å². The molecule has 0 saturated carbocycles. The Morgan fingerprint density at radius 1 is 0.920 bits per heavy atom. The zero-order valence-corrected chi connectivity index (χ0v) is 13.8. The molecule has 0 amide bonds. The van der Waals surface area contributed by atoms with E-state index in [-0.39, 0.29) is 28.2 Å². The van der Waals surface area contributed by atoms with Gasteiger partial charge in [0.05, 0.1) is 21.3 Å². The number of methoxy groups -OCH3 is 3. The summed E-state index contributed by atoms with van der Waals surface area (Å²) in [6.07, 6.45) is 0. The van der Waals surface area contributed by atoms with E-state index in [1.165, 1.54) is 20.3 Å². The number of hydrogen-bond acceptors (Lipinski definition) is 7. The molecule has 0 aliphatic carbocycles. The lowest BCUT2D eigenvalue weighted by Crippen LogP contribution is -2.08. The van der Waals surface area contributed by atoms with E-state index in [0.29, 0.717) is 11.3 Å². The van der Waals surface area contributed by atoms with Crippen LogP contribution in [0.15, 0.2) is 39.5 Å². The van der Waals surface area contributed by atoms with Crippen molar-refractivity contribution in [2.24, 2.45) is 0 Å². The number of aromatic hydroxyl groups is 2. The first-order valence-corrected chi connectivity index (χ1v) is 7.30. The molecule has 0 unspecified atom stereocenters. The number of rotatable bonds is 4. The van der Waals surface area contributed by atoms with Crippen LogP contribution in [-0.4, -0.2) is 31.5 Å². The average Bonchev–Trinajstić information content (AvgIpc) is 2.64. The molecule has 7 heteroatoms. The minimum absolute atomic E-state index is 0.0148. The third-order valence-electron chi connectivity index (χ3n) is 3.83. The molecule has 130 valence electrons. The van der Waals surface area contributed by atoms with Gasteiger partial charge in [0.1, 0.15) is 16.7 Å². The second-order valence-electron chi connectivity index (χ2n) is 5.17. The van der Waals surface area contributed by atoms with Gasteiger partial charge in [0.2, 0.25) is 16.9 Å². The summed E-state index contributed by atoms with van der Waals surface area (Å²) in [6, 6.07) is 8.19. The molecule has 0 spiro atoms. The maximum absolute atomic E-state index is 12.7. The second kappa shape index (κ2) is 6.27. The van der Waals surface area contributed by atoms with Gasteiger partial charge in [-0.15, -0.1) is 0 Å². The van der Waals surface area contributed by atoms with E-state index in [0.717, 1.165) is 0 Å². The minimum Gasteiger partial charge on any atom is -0.504 e. The van der Waals surface area contributed by atoms with Crippen molar-refractivity contribution in [3.8, 4) is 40.1 Å². The predicted molar refractivity (Wildman–Crippen MR) is 90.9 cm³/mol. The first-order valence-electron chi connectivity index (χ1n) is 7.30. The summed E-state index contributed by atoms with van der Waals surface area (Å²) < 4.78 is 21.1. The van der Waals surface area contributed by atoms with Crippen LogP contribution in [-0.2, 0) is 0 Å². The van der Waals surface area contributed by atoms with Crippen LogP contribution in [0.5, 0.6) is 28.7 Å². The fourth-order valence-electron chi connectivity index (χ4n) is 2.56. The molecule has 0 radical (unpaired) electrons. The van der Waals surface area contributed by atoms with Gasteiger partial charge in [-0.2, -0.15) is 0 Å². The van der Waals surface area contributed by atoms with Crippen molar-refractivity contribution in [1.82, 2.24) is 0 Å². The van der Waals surface area contributed by atoms with Crippen LogP contribution in [0.4, 0.5) is 0 Å². The second-order valence-corrected chi connectivity index (χ2v) is 5.17. The van der Waals surface area contributed by atoms with Crippen molar-refractivity contribution >= 4 is 11.0 Å². The monoisotopic (exact) mass is 344 g/mol. The van der Waals surface area contributed by atoms with Crippen LogP contribution in [0.1, 0.15) is 0 Å². The van der Waals surface area contributed by atoms with Crippen molar-refractivity contribution in [2.75, 3.05) is 21.3 Å². The smallest absolute Gasteiger partial charge is 0.239 e. The number of phenolic OH excluding ortho intramolecular Hbond substituents is 2. The maximum atomic E-state index is 12.7. The molecule has 0 saturated heterocycles. The van der Waals surface area contributed by atoms with Crippen LogP contribution < -0.4 is 19.6 Å². The highest BCUT2D eigenvalue weighted by Gasteiger charge is 2.23. The summed E-state index contributed by atoms with van der Waals surface area (Å²) in [5.41, 5.74) is 0.0389. The summed E-state index contributed by atoms with van der Waals surface area (Å²) in [5.74, 6) is -0.425. The lowest BCUT2D eigenvalue weighted by Gasteiger charge is -2.12. The first kappa shape index (κ1) is 16.5. The molecule has 2 aromatic carbocycles. The van der Waals surface area contributed by atoms with Crippen LogP contribution in [0, 0.1) is 0 Å². The summed E-state index contributed by atoms with van der Waals surface area (Å²) in [5, 5.41) is 19.9. The zero-order chi connectivity index (χ0) is 18.1. The van der Waals surface area contributed by atoms with Crippen LogP contribution in [0.25, 0.3) is 22.3 Å². The number of hydrogen-bond donors (Lipinski definition) is 2. The van der Waals surface area contributed by atoms with Crippen LogP contribution in [0.2, 0.25) is 0 Å². The van der Waals surface area contributed by atoms with E-state index >= 15 is 0 Å². The molecule has 0 atom stereocenters. The Hall–Kier alpha value is -3.35. The molecule has 0 aliphatic rings. The van der Waals surface area contributed by atoms with Crippen molar-refractivity contribution in [3.05, 3.63) is 40.6 Å². The Kier molecular flexibility index (Phi) is 4.14. The van der Waals surface area contributed by atoms with Crippen molar-refractivity contribution < 1.29 is 28.8 Å². The number of ether oxygens (including phenoxy) is 3. The molecule has 7 nitrogen and oxygen atoms in total. The predicted octanol–water partition coefficient (Wildman–Crippen LogP) is 2.90. The zero-order valence-electron chi connectivity index (χ0n) is 13.8. The normalized spacial score (nSPS) is 10.7. The fourth-order valence-corrected chi connectivity index (χ4v) is 2.56. The molecule has 3 rings (SSSR count). The Labute approximate surface area is 142 Å². The molecule has 25 heavy (non-hydrogen) atoms. The van der Waals surface area contributed by atoms with E-state index in [2.05, 4.69) is 0 Å². The molecule has 0 fully saturated rings. The number of benzene rings is 2. The summed E-state index contributed by atoms with van der Waals surface area (Å²) in [6.45, 7) is 0. The Balaban J connectivity index is 2.35. The molecule has 1 aromatic heterocycles. The van der Waals surface area contributed by atoms with Crippen LogP contribution in [0.3, 0.4) is 0 Å². The van der Waals surface area contributed by atoms with Crippen LogP contribution >= 0.6 is 0 Å². The molecular formula is C18H16O7. The van der Waals surface area contributed by atoms with Gasteiger partial charge in [-0.3, -0.25) is 4.79 Å². The molecule has 3 aromatic rings. The highest BCUT2D eigenvalue weighted by atomic mass is 16.5. The van der Waals surface area contributed by atoms with E-state index < -0.39 is 16.9 Å². The highest BCUT2D eigenvalue weighted by Crippen LogP contribution is 2.43. The summed E-state index contributed by atoms with van der Waals surface area (Å²) in [4.78, 5) is 12.7. The van der Waals surface area contributed by atoms with Crippen molar-refractivity contribution in [3.63, 3.8) is 0 Å². The van der Waals surface area contributed by atoms with Gasteiger partial charge in [0, 0.05) is 11.6 Å². The molecule has 2 N–H and O–H groups in total. The molecule has 0 aliphatic heterocycles. The highest BCUT2D eigenvalue weighted by molar-refractivity contribution is 5.91. The average molecular weight is 344 g/mol. The lowest BCUT2D eigenvalue weighted by atomic mass is 10.1. The standard InChI is InChI=1S/C18H16O7/c1-22-10-6-4-9(5-7-10)17-18(24-3)16(21)13-11(25-17)8-12(23-2)14(19)15(13)20/h4-8,19-20H,1-3H3. The van der Waals surface area contributed by atoms with Gasteiger partial charge in [-0.05, 0) is 24.3 Å². The van der Waals surface area contributed by atoms with Gasteiger partial charge in [0.25, 0.3) is 0 Å². The number of phenols is 2. The summed E-state index contributed by atoms with van der Waals surface area (Å²) >= 11 is 0. The van der Waals surface area contributed by atoms with E-state index in [4.69, 9.17) is 18.6 Å². The largest absolute Gasteiger partial charge is 0.504 e. The third-order valence-corrected chi connectivity index (χ3v) is 3.83. The Bertz CT molecular complexity index is 987. The Morgan fingerprint density at radius 3 is 2.16 bits per heavy atom. The minimum atomic E-state index is -0.623. The van der Waals surface area contributed by atoms with Gasteiger partial charge in [-0.25, -0.2) is 0 Å². The van der Waals surface area contributed by atoms with Gasteiger partial charge < -0.3 is 28.8 Å². The summed E-state index contributed by atoms with van der Waals surface area (Å²) in [7, 11) is 4.20. The third kappa shape index (κ3) is 2.59. The van der Waals surface area contributed by atoms with E-state index in [1.807, 2.05) is 0 Å². The van der Waals surface area contributed by atoms with E-state index in [1.54, 1.807) is 31.4 Å². The van der Waals surface area contributed by atoms with Gasteiger partial charge in [-0.1, -0.05) is 0 Å².